The number of carbonyl (C=O) groups is 1. The Morgan fingerprint density at radius 3 is 2.52 bits per heavy atom. The van der Waals surface area contributed by atoms with Crippen LogP contribution in [0, 0.1) is 0 Å². The van der Waals surface area contributed by atoms with Crippen LogP contribution in [0.25, 0.3) is 0 Å². The van der Waals surface area contributed by atoms with Crippen molar-refractivity contribution in [2.24, 2.45) is 5.16 Å². The summed E-state index contributed by atoms with van der Waals surface area (Å²) < 4.78 is 28.4. The van der Waals surface area contributed by atoms with Gasteiger partial charge in [0, 0.05) is 6.04 Å². The Labute approximate surface area is 157 Å². The summed E-state index contributed by atoms with van der Waals surface area (Å²) in [6.45, 7) is -1.12. The summed E-state index contributed by atoms with van der Waals surface area (Å²) in [4.78, 5) is 16.8. The second kappa shape index (κ2) is 10.9. The molecule has 2 aromatic rings. The van der Waals surface area contributed by atoms with Crippen LogP contribution in [0.2, 0.25) is 0 Å². The average Bonchev–Trinajstić information content (AvgIpc) is 2.65. The van der Waals surface area contributed by atoms with E-state index in [0.29, 0.717) is 5.56 Å². The van der Waals surface area contributed by atoms with Gasteiger partial charge in [-0.1, -0.05) is 35.5 Å². The van der Waals surface area contributed by atoms with E-state index in [9.17, 15) is 13.6 Å². The molecule has 0 spiro atoms. The maximum Gasteiger partial charge on any atom is 0.387 e. The minimum absolute atomic E-state index is 0.0210. The quantitative estimate of drug-likeness (QED) is 0.507. The Bertz CT molecular complexity index is 722. The Morgan fingerprint density at radius 2 is 1.85 bits per heavy atom. The van der Waals surface area contributed by atoms with Crippen LogP contribution in [-0.2, 0) is 16.1 Å². The number of nitrogens with zero attached hydrogens (tertiary/aromatic N) is 1. The van der Waals surface area contributed by atoms with Gasteiger partial charge in [0.1, 0.15) is 5.75 Å². The van der Waals surface area contributed by atoms with Gasteiger partial charge in [-0.05, 0) is 55.2 Å². The zero-order valence-corrected chi connectivity index (χ0v) is 15.0. The molecule has 0 saturated heterocycles. The first kappa shape index (κ1) is 20.4. The number of ether oxygens (including phenoxy) is 1. The second-order valence-corrected chi connectivity index (χ2v) is 5.95. The molecule has 0 radical (unpaired) electrons. The molecule has 27 heavy (non-hydrogen) atoms. The van der Waals surface area contributed by atoms with Crippen molar-refractivity contribution in [1.29, 1.82) is 0 Å². The average molecular weight is 376 g/mol. The van der Waals surface area contributed by atoms with Gasteiger partial charge in [-0.2, -0.15) is 8.78 Å². The molecular weight excluding hydrogens is 354 g/mol. The summed E-state index contributed by atoms with van der Waals surface area (Å²) >= 11 is 0. The Hall–Kier alpha value is -2.96. The number of halogens is 2. The maximum absolute atomic E-state index is 12.1. The van der Waals surface area contributed by atoms with Crippen molar-refractivity contribution in [3.05, 3.63) is 65.7 Å². The number of rotatable bonds is 10. The number of benzene rings is 2. The van der Waals surface area contributed by atoms with Gasteiger partial charge in [0.2, 0.25) is 0 Å². The highest BCUT2D eigenvalue weighted by Crippen LogP contribution is 2.14. The summed E-state index contributed by atoms with van der Waals surface area (Å²) in [7, 11) is 0. The lowest BCUT2D eigenvalue weighted by Gasteiger charge is -2.13. The van der Waals surface area contributed by atoms with Gasteiger partial charge >= 0.3 is 6.61 Å². The van der Waals surface area contributed by atoms with Crippen LogP contribution in [0.3, 0.4) is 0 Å². The van der Waals surface area contributed by atoms with Gasteiger partial charge < -0.3 is 14.9 Å². The third kappa shape index (κ3) is 8.31. The van der Waals surface area contributed by atoms with Gasteiger partial charge in [0.25, 0.3) is 5.91 Å². The van der Waals surface area contributed by atoms with E-state index < -0.39 is 6.61 Å². The molecule has 1 atom stereocenters. The minimum atomic E-state index is -2.86. The summed E-state index contributed by atoms with van der Waals surface area (Å²) in [5.41, 5.74) is 1.86. The molecule has 0 unspecified atom stereocenters. The van der Waals surface area contributed by atoms with E-state index in [1.165, 1.54) is 23.9 Å². The number of carbonyl (C=O) groups excluding carboxylic acids is 1. The smallest absolute Gasteiger partial charge is 0.387 e. The van der Waals surface area contributed by atoms with Crippen LogP contribution in [0.1, 0.15) is 24.5 Å². The Morgan fingerprint density at radius 1 is 1.15 bits per heavy atom. The highest BCUT2D eigenvalue weighted by atomic mass is 19.3. The summed E-state index contributed by atoms with van der Waals surface area (Å²) in [6.07, 6.45) is 3.09. The van der Waals surface area contributed by atoms with E-state index in [4.69, 9.17) is 4.84 Å². The van der Waals surface area contributed by atoms with Crippen molar-refractivity contribution in [2.75, 3.05) is 6.61 Å². The van der Waals surface area contributed by atoms with E-state index >= 15 is 0 Å². The number of alkyl halides is 2. The van der Waals surface area contributed by atoms with Crippen molar-refractivity contribution >= 4 is 12.1 Å². The SMILES string of the molecule is C[C@@H](CCc1ccccc1)NC(=O)CO/N=C\c1ccc(OC(F)F)cc1. The number of amides is 1. The number of hydrogen-bond acceptors (Lipinski definition) is 4. The lowest BCUT2D eigenvalue weighted by atomic mass is 10.1. The third-order valence-electron chi connectivity index (χ3n) is 3.69. The van der Waals surface area contributed by atoms with Crippen LogP contribution in [0.5, 0.6) is 5.75 Å². The summed E-state index contributed by atoms with van der Waals surface area (Å²) in [5, 5.41) is 6.55. The molecule has 144 valence electrons. The van der Waals surface area contributed by atoms with E-state index in [0.717, 1.165) is 12.8 Å². The van der Waals surface area contributed by atoms with E-state index in [2.05, 4.69) is 27.3 Å². The summed E-state index contributed by atoms with van der Waals surface area (Å²) in [6, 6.07) is 16.0. The first-order valence-electron chi connectivity index (χ1n) is 8.56. The second-order valence-electron chi connectivity index (χ2n) is 5.95. The fraction of sp³-hybridized carbons (Fsp3) is 0.300. The molecule has 0 bridgehead atoms. The number of oxime groups is 1. The number of hydrogen-bond donors (Lipinski definition) is 1. The van der Waals surface area contributed by atoms with Crippen LogP contribution in [0.4, 0.5) is 8.78 Å². The standard InChI is InChI=1S/C20H22F2N2O3/c1-15(7-8-16-5-3-2-4-6-16)24-19(25)14-26-23-13-17-9-11-18(12-10-17)27-20(21)22/h2-6,9-13,15,20H,7-8,14H2,1H3,(H,24,25)/b23-13-/t15-/m0/s1. The van der Waals surface area contributed by atoms with E-state index in [-0.39, 0.29) is 24.3 Å². The fourth-order valence-corrected chi connectivity index (χ4v) is 2.35. The van der Waals surface area contributed by atoms with Crippen molar-refractivity contribution in [2.45, 2.75) is 32.4 Å². The molecule has 1 N–H and O–H groups in total. The minimum Gasteiger partial charge on any atom is -0.435 e. The monoisotopic (exact) mass is 376 g/mol. The molecule has 0 heterocycles. The zero-order valence-electron chi connectivity index (χ0n) is 15.0. The molecule has 0 aliphatic heterocycles. The molecule has 1 amide bonds. The lowest BCUT2D eigenvalue weighted by Crippen LogP contribution is -2.35. The van der Waals surface area contributed by atoms with Crippen molar-refractivity contribution < 1.29 is 23.1 Å². The summed E-state index contributed by atoms with van der Waals surface area (Å²) in [5.74, 6) is -0.194. The molecular formula is C20H22F2N2O3. The first-order chi connectivity index (χ1) is 13.0. The van der Waals surface area contributed by atoms with Gasteiger partial charge in [0.15, 0.2) is 6.61 Å². The van der Waals surface area contributed by atoms with Gasteiger partial charge in [0.05, 0.1) is 6.21 Å². The van der Waals surface area contributed by atoms with E-state index in [1.54, 1.807) is 12.1 Å². The number of nitrogens with one attached hydrogen (secondary N) is 1. The van der Waals surface area contributed by atoms with Crippen LogP contribution in [0.15, 0.2) is 59.8 Å². The van der Waals surface area contributed by atoms with Gasteiger partial charge in [-0.25, -0.2) is 0 Å². The molecule has 0 fully saturated rings. The maximum atomic E-state index is 12.1. The van der Waals surface area contributed by atoms with Crippen molar-refractivity contribution in [3.63, 3.8) is 0 Å². The molecule has 7 heteroatoms. The highest BCUT2D eigenvalue weighted by molar-refractivity contribution is 5.80. The highest BCUT2D eigenvalue weighted by Gasteiger charge is 2.08. The zero-order chi connectivity index (χ0) is 19.5. The predicted molar refractivity (Wildman–Crippen MR) is 99.0 cm³/mol. The van der Waals surface area contributed by atoms with Crippen LogP contribution < -0.4 is 10.1 Å². The van der Waals surface area contributed by atoms with Crippen molar-refractivity contribution in [3.8, 4) is 5.75 Å². The molecule has 2 rings (SSSR count). The topological polar surface area (TPSA) is 59.9 Å². The fourth-order valence-electron chi connectivity index (χ4n) is 2.35. The Kier molecular flexibility index (Phi) is 8.22. The molecule has 0 aromatic heterocycles. The predicted octanol–water partition coefficient (Wildman–Crippen LogP) is 3.78. The molecule has 0 aliphatic carbocycles. The largest absolute Gasteiger partial charge is 0.435 e. The van der Waals surface area contributed by atoms with E-state index in [1.807, 2.05) is 25.1 Å². The van der Waals surface area contributed by atoms with Crippen LogP contribution >= 0.6 is 0 Å². The molecule has 0 saturated carbocycles. The number of aryl methyl sites for hydroxylation is 1. The molecule has 5 nitrogen and oxygen atoms in total. The van der Waals surface area contributed by atoms with Crippen molar-refractivity contribution in [1.82, 2.24) is 5.32 Å². The van der Waals surface area contributed by atoms with Gasteiger partial charge in [-0.3, -0.25) is 4.79 Å². The Balaban J connectivity index is 1.65. The lowest BCUT2D eigenvalue weighted by molar-refractivity contribution is -0.126. The third-order valence-corrected chi connectivity index (χ3v) is 3.69. The normalized spacial score (nSPS) is 12.1. The van der Waals surface area contributed by atoms with Crippen LogP contribution in [-0.4, -0.2) is 31.4 Å². The first-order valence-corrected chi connectivity index (χ1v) is 8.56. The molecule has 0 aliphatic rings. The van der Waals surface area contributed by atoms with Gasteiger partial charge in [-0.15, -0.1) is 0 Å². The molecule has 2 aromatic carbocycles.